The maximum Gasteiger partial charge on any atom is 0.338 e. The van der Waals surface area contributed by atoms with E-state index < -0.39 is 16.0 Å². The number of benzene rings is 1. The lowest BCUT2D eigenvalue weighted by molar-refractivity contribution is -0.134. The molecular weight excluding hydrogens is 392 g/mol. The normalized spacial score (nSPS) is 21.4. The number of rotatable bonds is 5. The Hall–Kier alpha value is -1.93. The lowest BCUT2D eigenvalue weighted by Crippen LogP contribution is -2.41. The molecule has 2 aliphatic heterocycles. The van der Waals surface area contributed by atoms with Crippen molar-refractivity contribution in [3.05, 3.63) is 29.8 Å². The number of ether oxygens (including phenoxy) is 1. The van der Waals surface area contributed by atoms with Crippen molar-refractivity contribution in [2.45, 2.75) is 62.8 Å². The molecule has 2 heterocycles. The molecule has 0 aliphatic carbocycles. The predicted octanol–water partition coefficient (Wildman–Crippen LogP) is 2.81. The quantitative estimate of drug-likeness (QED) is 0.682. The fourth-order valence-corrected chi connectivity index (χ4v) is 5.65. The second-order valence-electron chi connectivity index (χ2n) is 7.86. The van der Waals surface area contributed by atoms with Gasteiger partial charge in [-0.3, -0.25) is 4.79 Å². The molecule has 2 saturated heterocycles. The van der Waals surface area contributed by atoms with Gasteiger partial charge in [-0.15, -0.1) is 0 Å². The van der Waals surface area contributed by atoms with Crippen LogP contribution in [0.3, 0.4) is 0 Å². The largest absolute Gasteiger partial charge is 0.452 e. The van der Waals surface area contributed by atoms with E-state index in [1.54, 1.807) is 4.90 Å². The van der Waals surface area contributed by atoms with Crippen LogP contribution in [0.15, 0.2) is 29.2 Å². The van der Waals surface area contributed by atoms with E-state index in [2.05, 4.69) is 0 Å². The van der Waals surface area contributed by atoms with Crippen LogP contribution >= 0.6 is 0 Å². The van der Waals surface area contributed by atoms with E-state index in [0.29, 0.717) is 19.6 Å². The smallest absolute Gasteiger partial charge is 0.338 e. The maximum atomic E-state index is 12.9. The standard InChI is InChI=1S/C21H30N2O5S/c1-17-8-4-7-15-23(17)29(26,27)19-11-9-18(10-12-19)21(25)28-16-20(24)22-13-5-2-3-6-14-22/h9-12,17H,2-8,13-16H2,1H3/t17-/m0/s1. The number of piperidine rings is 1. The highest BCUT2D eigenvalue weighted by atomic mass is 32.2. The molecule has 1 atom stereocenters. The average Bonchev–Trinajstić information content (AvgIpc) is 3.01. The average molecular weight is 423 g/mol. The van der Waals surface area contributed by atoms with Crippen molar-refractivity contribution in [3.63, 3.8) is 0 Å². The molecule has 7 nitrogen and oxygen atoms in total. The van der Waals surface area contributed by atoms with Gasteiger partial charge in [-0.2, -0.15) is 4.31 Å². The summed E-state index contributed by atoms with van der Waals surface area (Å²) >= 11 is 0. The molecule has 2 aliphatic rings. The zero-order valence-corrected chi connectivity index (χ0v) is 17.8. The van der Waals surface area contributed by atoms with Crippen molar-refractivity contribution < 1.29 is 22.7 Å². The molecule has 0 N–H and O–H groups in total. The number of sulfonamides is 1. The lowest BCUT2D eigenvalue weighted by Gasteiger charge is -2.32. The first kappa shape index (κ1) is 21.8. The molecule has 1 aromatic carbocycles. The highest BCUT2D eigenvalue weighted by Gasteiger charge is 2.31. The van der Waals surface area contributed by atoms with Crippen molar-refractivity contribution in [3.8, 4) is 0 Å². The highest BCUT2D eigenvalue weighted by Crippen LogP contribution is 2.25. The highest BCUT2D eigenvalue weighted by molar-refractivity contribution is 7.89. The van der Waals surface area contributed by atoms with Crippen LogP contribution in [0.5, 0.6) is 0 Å². The number of amides is 1. The lowest BCUT2D eigenvalue weighted by atomic mass is 10.1. The first-order valence-corrected chi connectivity index (χ1v) is 11.9. The number of carbonyl (C=O) groups excluding carboxylic acids is 2. The van der Waals surface area contributed by atoms with E-state index in [-0.39, 0.29) is 29.0 Å². The molecule has 0 aromatic heterocycles. The van der Waals surface area contributed by atoms with Gasteiger partial charge in [0.25, 0.3) is 5.91 Å². The summed E-state index contributed by atoms with van der Waals surface area (Å²) in [4.78, 5) is 26.4. The van der Waals surface area contributed by atoms with Gasteiger partial charge in [-0.05, 0) is 56.9 Å². The number of hydrogen-bond donors (Lipinski definition) is 0. The molecule has 0 saturated carbocycles. The zero-order chi connectivity index (χ0) is 20.9. The van der Waals surface area contributed by atoms with Crippen LogP contribution in [-0.2, 0) is 19.6 Å². The van der Waals surface area contributed by atoms with Gasteiger partial charge in [0, 0.05) is 25.7 Å². The molecule has 1 aromatic rings. The SMILES string of the molecule is C[C@H]1CCCCN1S(=O)(=O)c1ccc(C(=O)OCC(=O)N2CCCCCC2)cc1. The molecule has 0 radical (unpaired) electrons. The van der Waals surface area contributed by atoms with E-state index in [9.17, 15) is 18.0 Å². The van der Waals surface area contributed by atoms with Crippen molar-refractivity contribution in [2.24, 2.45) is 0 Å². The second-order valence-corrected chi connectivity index (χ2v) is 9.75. The number of nitrogens with zero attached hydrogens (tertiary/aromatic N) is 2. The van der Waals surface area contributed by atoms with Crippen LogP contribution < -0.4 is 0 Å². The Bertz CT molecular complexity index is 814. The van der Waals surface area contributed by atoms with E-state index in [1.165, 1.54) is 28.6 Å². The number of hydrogen-bond acceptors (Lipinski definition) is 5. The van der Waals surface area contributed by atoms with Gasteiger partial charge < -0.3 is 9.64 Å². The van der Waals surface area contributed by atoms with Gasteiger partial charge >= 0.3 is 5.97 Å². The first-order chi connectivity index (χ1) is 13.9. The number of likely N-dealkylation sites (tertiary alicyclic amines) is 1. The Morgan fingerprint density at radius 2 is 1.59 bits per heavy atom. The summed E-state index contributed by atoms with van der Waals surface area (Å²) in [5, 5.41) is 0. The Balaban J connectivity index is 1.59. The van der Waals surface area contributed by atoms with Gasteiger partial charge in [-0.1, -0.05) is 19.3 Å². The molecule has 2 fully saturated rings. The summed E-state index contributed by atoms with van der Waals surface area (Å²) in [6.45, 7) is 3.57. The van der Waals surface area contributed by atoms with Crippen LogP contribution in [0.1, 0.15) is 62.2 Å². The Labute approximate surface area is 173 Å². The van der Waals surface area contributed by atoms with E-state index in [1.807, 2.05) is 6.92 Å². The van der Waals surface area contributed by atoms with E-state index in [4.69, 9.17) is 4.74 Å². The van der Waals surface area contributed by atoms with E-state index >= 15 is 0 Å². The third-order valence-electron chi connectivity index (χ3n) is 5.72. The fraction of sp³-hybridized carbons (Fsp3) is 0.619. The topological polar surface area (TPSA) is 84.0 Å². The first-order valence-electron chi connectivity index (χ1n) is 10.5. The van der Waals surface area contributed by atoms with Gasteiger partial charge in [0.05, 0.1) is 10.5 Å². The Morgan fingerprint density at radius 3 is 2.21 bits per heavy atom. The van der Waals surface area contributed by atoms with Gasteiger partial charge in [0.15, 0.2) is 6.61 Å². The van der Waals surface area contributed by atoms with Crippen LogP contribution in [-0.4, -0.2) is 61.8 Å². The van der Waals surface area contributed by atoms with Gasteiger partial charge in [0.2, 0.25) is 10.0 Å². The predicted molar refractivity (Wildman–Crippen MR) is 109 cm³/mol. The molecule has 160 valence electrons. The minimum atomic E-state index is -3.58. The summed E-state index contributed by atoms with van der Waals surface area (Å²) < 4.78 is 32.4. The number of carbonyl (C=O) groups is 2. The Morgan fingerprint density at radius 1 is 0.966 bits per heavy atom. The second kappa shape index (κ2) is 9.71. The molecule has 29 heavy (non-hydrogen) atoms. The summed E-state index contributed by atoms with van der Waals surface area (Å²) in [6.07, 6.45) is 6.95. The van der Waals surface area contributed by atoms with Crippen LogP contribution in [0.4, 0.5) is 0 Å². The van der Waals surface area contributed by atoms with Crippen molar-refractivity contribution in [1.29, 1.82) is 0 Å². The molecule has 3 rings (SSSR count). The molecule has 0 unspecified atom stereocenters. The monoisotopic (exact) mass is 422 g/mol. The number of esters is 1. The molecule has 8 heteroatoms. The molecular formula is C21H30N2O5S. The minimum Gasteiger partial charge on any atom is -0.452 e. The van der Waals surface area contributed by atoms with Crippen molar-refractivity contribution in [1.82, 2.24) is 9.21 Å². The van der Waals surface area contributed by atoms with Crippen molar-refractivity contribution in [2.75, 3.05) is 26.2 Å². The maximum absolute atomic E-state index is 12.9. The van der Waals surface area contributed by atoms with Gasteiger partial charge in [-0.25, -0.2) is 13.2 Å². The zero-order valence-electron chi connectivity index (χ0n) is 17.0. The summed E-state index contributed by atoms with van der Waals surface area (Å²) in [5.41, 5.74) is 0.235. The Kier molecular flexibility index (Phi) is 7.29. The molecule has 0 spiro atoms. The summed E-state index contributed by atoms with van der Waals surface area (Å²) in [7, 11) is -3.58. The van der Waals surface area contributed by atoms with Crippen LogP contribution in [0, 0.1) is 0 Å². The van der Waals surface area contributed by atoms with Crippen molar-refractivity contribution >= 4 is 21.9 Å². The third kappa shape index (κ3) is 5.36. The molecule has 1 amide bonds. The van der Waals surface area contributed by atoms with E-state index in [0.717, 1.165) is 44.9 Å². The summed E-state index contributed by atoms with van der Waals surface area (Å²) in [6, 6.07) is 5.73. The third-order valence-corrected chi connectivity index (χ3v) is 7.75. The van der Waals surface area contributed by atoms with Crippen LogP contribution in [0.2, 0.25) is 0 Å². The van der Waals surface area contributed by atoms with Crippen LogP contribution in [0.25, 0.3) is 0 Å². The fourth-order valence-electron chi connectivity index (χ4n) is 3.95. The summed E-state index contributed by atoms with van der Waals surface area (Å²) in [5.74, 6) is -0.804. The molecule has 0 bridgehead atoms. The minimum absolute atomic E-state index is 0.0246. The van der Waals surface area contributed by atoms with Gasteiger partial charge in [0.1, 0.15) is 0 Å².